The summed E-state index contributed by atoms with van der Waals surface area (Å²) < 4.78 is 346. The van der Waals surface area contributed by atoms with Crippen LogP contribution in [0.1, 0.15) is 0 Å². The van der Waals surface area contributed by atoms with Crippen molar-refractivity contribution in [1.29, 1.82) is 0 Å². The number of halogens is 30. The van der Waals surface area contributed by atoms with E-state index in [4.69, 9.17) is 0 Å². The van der Waals surface area contributed by atoms with Crippen molar-refractivity contribution in [3.05, 3.63) is 48.8 Å². The minimum atomic E-state index is -5.47. The number of thiocarbonyl (C=S) groups is 2. The third-order valence-corrected chi connectivity index (χ3v) is 7.75. The summed E-state index contributed by atoms with van der Waals surface area (Å²) in [6.07, 6.45) is -26.3. The van der Waals surface area contributed by atoms with Crippen LogP contribution in [0, 0.1) is 0 Å². The van der Waals surface area contributed by atoms with Crippen LogP contribution in [0.3, 0.4) is 0 Å². The molecule has 1 fully saturated rings. The van der Waals surface area contributed by atoms with Gasteiger partial charge in [0.25, 0.3) is 0 Å². The average molecular weight is 970 g/mol. The molecular weight excluding hydrogens is 970 g/mol. The molecule has 0 atom stereocenters. The first-order valence-corrected chi connectivity index (χ1v) is 14.3. The number of rotatable bonds is 2. The van der Waals surface area contributed by atoms with E-state index in [-0.39, 0.29) is 11.8 Å². The summed E-state index contributed by atoms with van der Waals surface area (Å²) in [6.45, 7) is 0. The van der Waals surface area contributed by atoms with Crippen LogP contribution in [0.2, 0.25) is 0 Å². The monoisotopic (exact) mass is 970 g/mol. The molecule has 2 heterocycles. The summed E-state index contributed by atoms with van der Waals surface area (Å²) in [4.78, 5) is -5.23. The molecule has 0 spiro atoms. The normalized spacial score (nSPS) is 20.0. The van der Waals surface area contributed by atoms with Crippen LogP contribution in [0.5, 0.6) is 0 Å². The molecular formula is C20F30S5. The fourth-order valence-electron chi connectivity index (χ4n) is 1.97. The van der Waals surface area contributed by atoms with Crippen LogP contribution >= 0.6 is 59.7 Å². The smallest absolute Gasteiger partial charge is 0.201 e. The average Bonchev–Trinajstić information content (AvgIpc) is 3.76. The second-order valence-corrected chi connectivity index (χ2v) is 11.9. The molecule has 3 aliphatic rings. The predicted molar refractivity (Wildman–Crippen MR) is 137 cm³/mol. The van der Waals surface area contributed by atoms with Crippen LogP contribution in [-0.2, 0) is 0 Å². The lowest BCUT2D eigenvalue weighted by Gasteiger charge is -2.43. The van der Waals surface area contributed by atoms with Crippen LogP contribution in [0.4, 0.5) is 132 Å². The highest BCUT2D eigenvalue weighted by molar-refractivity contribution is 8.13. The number of hydrogen-bond donors (Lipinski definition) is 0. The zero-order valence-corrected chi connectivity index (χ0v) is 27.5. The van der Waals surface area contributed by atoms with Crippen molar-refractivity contribution in [2.75, 3.05) is 0 Å². The maximum atomic E-state index is 11.9. The molecule has 0 unspecified atom stereocenters. The zero-order chi connectivity index (χ0) is 45.1. The minimum absolute atomic E-state index is 0.266. The van der Waals surface area contributed by atoms with Crippen LogP contribution in [-0.4, -0.2) is 63.5 Å². The summed E-state index contributed by atoms with van der Waals surface area (Å²) in [7, 11) is 0. The van der Waals surface area contributed by atoms with Gasteiger partial charge in [-0.15, -0.1) is 0 Å². The zero-order valence-electron chi connectivity index (χ0n) is 23.4. The van der Waals surface area contributed by atoms with Gasteiger partial charge in [-0.2, -0.15) is 127 Å². The molecule has 0 N–H and O–H groups in total. The maximum absolute atomic E-state index is 11.9. The van der Waals surface area contributed by atoms with Gasteiger partial charge >= 0.3 is 65.8 Å². The van der Waals surface area contributed by atoms with Gasteiger partial charge in [-0.05, 0) is 40.8 Å². The highest BCUT2D eigenvalue weighted by atomic mass is 32.2. The van der Waals surface area contributed by atoms with Gasteiger partial charge < -0.3 is 0 Å². The molecule has 0 saturated heterocycles. The van der Waals surface area contributed by atoms with E-state index in [0.717, 1.165) is 0 Å². The van der Waals surface area contributed by atoms with Gasteiger partial charge in [0, 0.05) is 0 Å². The van der Waals surface area contributed by atoms with Crippen molar-refractivity contribution >= 4 is 69.6 Å². The molecule has 320 valence electrons. The molecule has 0 amide bonds. The van der Waals surface area contributed by atoms with E-state index >= 15 is 0 Å². The molecule has 0 bridgehead atoms. The van der Waals surface area contributed by atoms with Gasteiger partial charge in [0.1, 0.15) is 14.7 Å². The molecule has 0 aromatic heterocycles. The first-order chi connectivity index (χ1) is 23.8. The fourth-order valence-corrected chi connectivity index (χ4v) is 4.05. The van der Waals surface area contributed by atoms with Crippen molar-refractivity contribution in [1.82, 2.24) is 0 Å². The van der Waals surface area contributed by atoms with Crippen molar-refractivity contribution in [3.8, 4) is 0 Å². The first kappa shape index (κ1) is 55.0. The molecule has 0 nitrogen and oxygen atoms in total. The molecule has 1 aliphatic carbocycles. The number of hydrogen-bond acceptors (Lipinski definition) is 5. The van der Waals surface area contributed by atoms with E-state index in [1.54, 1.807) is 0 Å². The Bertz CT molecular complexity index is 1500. The van der Waals surface area contributed by atoms with Crippen molar-refractivity contribution in [2.24, 2.45) is 0 Å². The Kier molecular flexibility index (Phi) is 18.2. The third-order valence-electron chi connectivity index (χ3n) is 4.42. The summed E-state index contributed by atoms with van der Waals surface area (Å²) >= 11 is 4.54. The van der Waals surface area contributed by atoms with Crippen LogP contribution < -0.4 is 0 Å². The standard InChI is InChI=1S/5C4F6S/c5-1-2(6)11-4(9,10)3(1,7)8;5-3(6,7)1-2(11-1)4(8,9)10;5-2(6)1(11)3(7,8)4(2,9)10;5-1(6)3(9)11-4(10)2(7)8;5-3(6,7)2(1-11)4(8,9)10. The highest BCUT2D eigenvalue weighted by Gasteiger charge is 2.88. The predicted octanol–water partition coefficient (Wildman–Crippen LogP) is 14.8. The van der Waals surface area contributed by atoms with E-state index in [1.807, 2.05) is 0 Å². The van der Waals surface area contributed by atoms with E-state index in [1.165, 1.54) is 0 Å². The van der Waals surface area contributed by atoms with E-state index in [9.17, 15) is 132 Å². The van der Waals surface area contributed by atoms with Gasteiger partial charge in [-0.1, -0.05) is 24.0 Å². The Morgan fingerprint density at radius 2 is 0.873 bits per heavy atom. The van der Waals surface area contributed by atoms with Crippen LogP contribution in [0.25, 0.3) is 0 Å². The third kappa shape index (κ3) is 14.0. The van der Waals surface area contributed by atoms with Gasteiger partial charge in [-0.3, -0.25) is 0 Å². The van der Waals surface area contributed by atoms with Crippen molar-refractivity contribution in [2.45, 2.75) is 53.6 Å². The number of alkyl halides is 22. The lowest BCUT2D eigenvalue weighted by Crippen LogP contribution is -2.74. The Balaban J connectivity index is 0. The van der Waals surface area contributed by atoms with Gasteiger partial charge in [0.2, 0.25) is 16.1 Å². The van der Waals surface area contributed by atoms with E-state index in [0.29, 0.717) is 5.02 Å². The fraction of sp³-hybridized carbons (Fsp3) is 0.450. The van der Waals surface area contributed by atoms with Gasteiger partial charge in [0.15, 0.2) is 10.7 Å². The molecule has 0 aromatic rings. The van der Waals surface area contributed by atoms with Gasteiger partial charge in [-0.25, -0.2) is 4.39 Å². The minimum Gasteiger partial charge on any atom is -0.201 e. The SMILES string of the molecule is FC(F)(F)C(=C=S)C(F)(F)F.FC(F)(F)C1=C(C(F)(F)F)S1.FC(F)=C(F)SC(F)=C(F)F.FC1(F)C(=S)C(F)(F)C1(F)F.FC1=C(F)C(F)(F)C(F)(F)S1. The molecule has 35 heteroatoms. The van der Waals surface area contributed by atoms with Gasteiger partial charge in [0.05, 0.1) is 0 Å². The lowest BCUT2D eigenvalue weighted by molar-refractivity contribution is -0.302. The summed E-state index contributed by atoms with van der Waals surface area (Å²) in [5.74, 6) is -22.7. The summed E-state index contributed by atoms with van der Waals surface area (Å²) in [6, 6.07) is 0. The summed E-state index contributed by atoms with van der Waals surface area (Å²) in [5.41, 5.74) is -2.78. The first-order valence-electron chi connectivity index (χ1n) is 11.1. The van der Waals surface area contributed by atoms with E-state index in [2.05, 4.69) is 24.4 Å². The second kappa shape index (κ2) is 18.2. The Morgan fingerprint density at radius 3 is 0.964 bits per heavy atom. The lowest BCUT2D eigenvalue weighted by atomic mass is 9.84. The molecule has 2 aliphatic heterocycles. The Labute approximate surface area is 303 Å². The highest BCUT2D eigenvalue weighted by Crippen LogP contribution is 2.61. The second-order valence-electron chi connectivity index (χ2n) is 8.23. The number of allylic oxidation sites excluding steroid dienone is 4. The quantitative estimate of drug-likeness (QED) is 0.199. The molecule has 3 rings (SSSR count). The topological polar surface area (TPSA) is 0 Å². The van der Waals surface area contributed by atoms with Crippen molar-refractivity contribution < 1.29 is 132 Å². The summed E-state index contributed by atoms with van der Waals surface area (Å²) in [5, 5.41) is -10.8. The molecule has 0 aromatic carbocycles. The molecule has 0 radical (unpaired) electrons. The Hall–Kier alpha value is -2.13. The molecule has 1 saturated carbocycles. The van der Waals surface area contributed by atoms with Crippen molar-refractivity contribution in [3.63, 3.8) is 0 Å². The molecule has 55 heavy (non-hydrogen) atoms. The van der Waals surface area contributed by atoms with Crippen LogP contribution in [0.15, 0.2) is 48.8 Å². The maximum Gasteiger partial charge on any atom is 0.429 e. The van der Waals surface area contributed by atoms with E-state index < -0.39 is 131 Å². The Morgan fingerprint density at radius 1 is 0.564 bits per heavy atom. The largest absolute Gasteiger partial charge is 0.429 e. The number of thioether (sulfide) groups is 3.